The highest BCUT2D eigenvalue weighted by Gasteiger charge is 2.59. The maximum Gasteiger partial charge on any atom is 0.228 e. The van der Waals surface area contributed by atoms with Crippen LogP contribution in [-0.4, -0.2) is 32.9 Å². The SMILES string of the molecule is COc1ccc(NC(=O)[C@@H]2CC23CCS(=O)(=O)CC3)cc1Cl. The third kappa shape index (κ3) is 2.94. The summed E-state index contributed by atoms with van der Waals surface area (Å²) >= 11 is 6.04. The molecule has 1 saturated carbocycles. The second kappa shape index (κ2) is 5.42. The van der Waals surface area contributed by atoms with E-state index in [0.29, 0.717) is 29.3 Å². The Hall–Kier alpha value is -1.27. The fourth-order valence-electron chi connectivity index (χ4n) is 3.19. The molecule has 2 fully saturated rings. The van der Waals surface area contributed by atoms with Gasteiger partial charge in [-0.1, -0.05) is 11.6 Å². The lowest BCUT2D eigenvalue weighted by atomic mass is 9.96. The first-order valence-corrected chi connectivity index (χ1v) is 9.40. The van der Waals surface area contributed by atoms with Gasteiger partial charge in [0.05, 0.1) is 23.6 Å². The summed E-state index contributed by atoms with van der Waals surface area (Å²) in [6, 6.07) is 5.09. The molecule has 1 aliphatic heterocycles. The smallest absolute Gasteiger partial charge is 0.228 e. The van der Waals surface area contributed by atoms with Crippen molar-refractivity contribution in [3.8, 4) is 5.75 Å². The highest BCUT2D eigenvalue weighted by atomic mass is 35.5. The Morgan fingerprint density at radius 1 is 1.36 bits per heavy atom. The third-order valence-corrected chi connectivity index (χ3v) is 6.70. The summed E-state index contributed by atoms with van der Waals surface area (Å²) in [4.78, 5) is 12.3. The van der Waals surface area contributed by atoms with Gasteiger partial charge < -0.3 is 10.1 Å². The Bertz CT molecular complexity index is 702. The number of carbonyl (C=O) groups excluding carboxylic acids is 1. The number of sulfone groups is 1. The second-order valence-corrected chi connectivity index (χ2v) is 8.82. The van der Waals surface area contributed by atoms with Crippen LogP contribution in [0.5, 0.6) is 5.75 Å². The highest BCUT2D eigenvalue weighted by molar-refractivity contribution is 7.91. The van der Waals surface area contributed by atoms with Gasteiger partial charge in [0.2, 0.25) is 5.91 Å². The molecule has 1 spiro atoms. The van der Waals surface area contributed by atoms with E-state index in [2.05, 4.69) is 5.32 Å². The molecule has 3 rings (SSSR count). The van der Waals surface area contributed by atoms with Crippen molar-refractivity contribution in [1.82, 2.24) is 0 Å². The van der Waals surface area contributed by atoms with Gasteiger partial charge in [-0.2, -0.15) is 0 Å². The number of rotatable bonds is 3. The molecule has 1 aromatic rings. The van der Waals surface area contributed by atoms with Gasteiger partial charge in [-0.15, -0.1) is 0 Å². The van der Waals surface area contributed by atoms with Crippen molar-refractivity contribution in [2.24, 2.45) is 11.3 Å². The summed E-state index contributed by atoms with van der Waals surface area (Å²) in [7, 11) is -1.37. The van der Waals surface area contributed by atoms with Gasteiger partial charge in [-0.25, -0.2) is 8.42 Å². The van der Waals surface area contributed by atoms with Crippen LogP contribution in [0.3, 0.4) is 0 Å². The van der Waals surface area contributed by atoms with E-state index in [1.54, 1.807) is 18.2 Å². The average Bonchev–Trinajstić information content (AvgIpc) is 3.18. The van der Waals surface area contributed by atoms with E-state index < -0.39 is 9.84 Å². The minimum Gasteiger partial charge on any atom is -0.495 e. The summed E-state index contributed by atoms with van der Waals surface area (Å²) in [5.74, 6) is 0.806. The molecule has 5 nitrogen and oxygen atoms in total. The standard InChI is InChI=1S/C15H18ClNO4S/c1-21-13-3-2-10(8-12(13)16)17-14(18)11-9-15(11)4-6-22(19,20)7-5-15/h2-3,8,11H,4-7,9H2,1H3,(H,17,18)/t11-/m0/s1. The van der Waals surface area contributed by atoms with Gasteiger partial charge in [0.25, 0.3) is 0 Å². The van der Waals surface area contributed by atoms with Crippen LogP contribution in [-0.2, 0) is 14.6 Å². The summed E-state index contributed by atoms with van der Waals surface area (Å²) in [6.07, 6.45) is 1.96. The van der Waals surface area contributed by atoms with Crippen molar-refractivity contribution < 1.29 is 17.9 Å². The zero-order valence-corrected chi connectivity index (χ0v) is 13.8. The number of benzene rings is 1. The number of amides is 1. The minimum absolute atomic E-state index is 0.0551. The first-order chi connectivity index (χ1) is 10.4. The molecule has 1 saturated heterocycles. The number of halogens is 1. The van der Waals surface area contributed by atoms with E-state index in [0.717, 1.165) is 6.42 Å². The van der Waals surface area contributed by atoms with E-state index in [9.17, 15) is 13.2 Å². The lowest BCUT2D eigenvalue weighted by molar-refractivity contribution is -0.118. The van der Waals surface area contributed by atoms with Crippen molar-refractivity contribution in [3.05, 3.63) is 23.2 Å². The van der Waals surface area contributed by atoms with Crippen LogP contribution in [0.25, 0.3) is 0 Å². The quantitative estimate of drug-likeness (QED) is 0.915. The second-order valence-electron chi connectivity index (χ2n) is 6.11. The molecule has 2 aliphatic rings. The van der Waals surface area contributed by atoms with Crippen LogP contribution in [0, 0.1) is 11.3 Å². The van der Waals surface area contributed by atoms with Gasteiger partial charge in [0.15, 0.2) is 0 Å². The number of methoxy groups -OCH3 is 1. The maximum absolute atomic E-state index is 12.3. The van der Waals surface area contributed by atoms with Crippen molar-refractivity contribution in [2.45, 2.75) is 19.3 Å². The topological polar surface area (TPSA) is 72.5 Å². The number of ether oxygens (including phenoxy) is 1. The molecular formula is C15H18ClNO4S. The third-order valence-electron chi connectivity index (χ3n) is 4.75. The Morgan fingerprint density at radius 2 is 2.05 bits per heavy atom. The van der Waals surface area contributed by atoms with E-state index in [1.165, 1.54) is 7.11 Å². The summed E-state index contributed by atoms with van der Waals surface area (Å²) in [5, 5.41) is 3.30. The van der Waals surface area contributed by atoms with Crippen LogP contribution >= 0.6 is 11.6 Å². The van der Waals surface area contributed by atoms with Gasteiger partial charge in [-0.05, 0) is 42.9 Å². The zero-order valence-electron chi connectivity index (χ0n) is 12.3. The molecule has 1 aliphatic carbocycles. The van der Waals surface area contributed by atoms with Crippen molar-refractivity contribution in [1.29, 1.82) is 0 Å². The molecule has 120 valence electrons. The van der Waals surface area contributed by atoms with Gasteiger partial charge in [0, 0.05) is 11.6 Å². The fourth-order valence-corrected chi connectivity index (χ4v) is 5.09. The van der Waals surface area contributed by atoms with Crippen LogP contribution < -0.4 is 10.1 Å². The molecule has 0 bridgehead atoms. The number of anilines is 1. The molecule has 1 heterocycles. The Morgan fingerprint density at radius 3 is 2.64 bits per heavy atom. The molecule has 0 radical (unpaired) electrons. The molecule has 0 aromatic heterocycles. The number of nitrogens with one attached hydrogen (secondary N) is 1. The molecule has 7 heteroatoms. The minimum atomic E-state index is -2.90. The van der Waals surface area contributed by atoms with Gasteiger partial charge in [0.1, 0.15) is 15.6 Å². The Labute approximate surface area is 134 Å². The van der Waals surface area contributed by atoms with E-state index in [4.69, 9.17) is 16.3 Å². The van der Waals surface area contributed by atoms with Crippen molar-refractivity contribution in [2.75, 3.05) is 23.9 Å². The molecule has 0 unspecified atom stereocenters. The number of hydrogen-bond donors (Lipinski definition) is 1. The summed E-state index contributed by atoms with van der Waals surface area (Å²) in [6.45, 7) is 0. The van der Waals surface area contributed by atoms with Crippen molar-refractivity contribution in [3.63, 3.8) is 0 Å². The number of carbonyl (C=O) groups is 1. The molecule has 1 atom stereocenters. The predicted octanol–water partition coefficient (Wildman–Crippen LogP) is 2.50. The zero-order chi connectivity index (χ0) is 16.0. The first-order valence-electron chi connectivity index (χ1n) is 7.20. The van der Waals surface area contributed by atoms with Gasteiger partial charge >= 0.3 is 0 Å². The monoisotopic (exact) mass is 343 g/mol. The summed E-state index contributed by atoms with van der Waals surface area (Å²) in [5.41, 5.74) is 0.521. The molecule has 1 aromatic carbocycles. The maximum atomic E-state index is 12.3. The normalized spacial score (nSPS) is 24.7. The summed E-state index contributed by atoms with van der Waals surface area (Å²) < 4.78 is 28.1. The van der Waals surface area contributed by atoms with E-state index in [-0.39, 0.29) is 28.7 Å². The molecular weight excluding hydrogens is 326 g/mol. The largest absolute Gasteiger partial charge is 0.495 e. The van der Waals surface area contributed by atoms with Crippen LogP contribution in [0.2, 0.25) is 5.02 Å². The van der Waals surface area contributed by atoms with E-state index in [1.807, 2.05) is 0 Å². The van der Waals surface area contributed by atoms with Crippen LogP contribution in [0.1, 0.15) is 19.3 Å². The first kappa shape index (κ1) is 15.6. The highest BCUT2D eigenvalue weighted by Crippen LogP contribution is 2.60. The lowest BCUT2D eigenvalue weighted by Gasteiger charge is -2.22. The molecule has 1 amide bonds. The Kier molecular flexibility index (Phi) is 3.85. The molecule has 22 heavy (non-hydrogen) atoms. The van der Waals surface area contributed by atoms with E-state index >= 15 is 0 Å². The Balaban J connectivity index is 1.63. The molecule has 1 N–H and O–H groups in total. The average molecular weight is 344 g/mol. The number of hydrogen-bond acceptors (Lipinski definition) is 4. The van der Waals surface area contributed by atoms with Crippen LogP contribution in [0.4, 0.5) is 5.69 Å². The predicted molar refractivity (Wildman–Crippen MR) is 85.1 cm³/mol. The van der Waals surface area contributed by atoms with Gasteiger partial charge in [-0.3, -0.25) is 4.79 Å². The fraction of sp³-hybridized carbons (Fsp3) is 0.533. The van der Waals surface area contributed by atoms with Crippen LogP contribution in [0.15, 0.2) is 18.2 Å². The van der Waals surface area contributed by atoms with Crippen molar-refractivity contribution >= 4 is 33.0 Å². The lowest BCUT2D eigenvalue weighted by Crippen LogP contribution is -2.28.